The fourth-order valence-electron chi connectivity index (χ4n) is 1.66. The Balaban J connectivity index is 2.21. The third kappa shape index (κ3) is 5.26. The predicted octanol–water partition coefficient (Wildman–Crippen LogP) is 2.60. The minimum Gasteiger partial charge on any atom is -0.385 e. The number of halogens is 1. The Morgan fingerprint density at radius 2 is 2.17 bits per heavy atom. The first-order valence-electron chi connectivity index (χ1n) is 6.16. The molecule has 18 heavy (non-hydrogen) atoms. The second-order valence-corrected chi connectivity index (χ2v) is 4.15. The molecular formula is C14H19FN2O. The highest BCUT2D eigenvalue weighted by Crippen LogP contribution is 2.09. The summed E-state index contributed by atoms with van der Waals surface area (Å²) in [5.74, 6) is -0.319. The smallest absolute Gasteiger partial charge is 0.129 e. The van der Waals surface area contributed by atoms with E-state index in [9.17, 15) is 4.39 Å². The SMILES string of the molecule is COCCCCCNCc1ccc(C#N)cc1F. The van der Waals surface area contributed by atoms with Crippen molar-refractivity contribution in [3.8, 4) is 6.07 Å². The van der Waals surface area contributed by atoms with E-state index in [1.165, 1.54) is 6.07 Å². The molecule has 0 saturated heterocycles. The lowest BCUT2D eigenvalue weighted by Gasteiger charge is -2.06. The molecule has 0 aliphatic heterocycles. The third-order valence-corrected chi connectivity index (χ3v) is 2.70. The van der Waals surface area contributed by atoms with Gasteiger partial charge in [-0.05, 0) is 37.9 Å². The van der Waals surface area contributed by atoms with Crippen LogP contribution in [0.15, 0.2) is 18.2 Å². The minimum atomic E-state index is -0.319. The van der Waals surface area contributed by atoms with Crippen LogP contribution in [0.1, 0.15) is 30.4 Å². The van der Waals surface area contributed by atoms with Gasteiger partial charge in [-0.3, -0.25) is 0 Å². The monoisotopic (exact) mass is 250 g/mol. The van der Waals surface area contributed by atoms with E-state index < -0.39 is 0 Å². The van der Waals surface area contributed by atoms with E-state index in [-0.39, 0.29) is 5.82 Å². The summed E-state index contributed by atoms with van der Waals surface area (Å²) in [6, 6.07) is 6.49. The van der Waals surface area contributed by atoms with Crippen molar-refractivity contribution in [3.05, 3.63) is 35.1 Å². The van der Waals surface area contributed by atoms with Gasteiger partial charge in [-0.15, -0.1) is 0 Å². The van der Waals surface area contributed by atoms with Gasteiger partial charge in [0, 0.05) is 25.8 Å². The van der Waals surface area contributed by atoms with E-state index in [2.05, 4.69) is 5.32 Å². The molecule has 0 aromatic heterocycles. The van der Waals surface area contributed by atoms with E-state index in [0.717, 1.165) is 32.4 Å². The Morgan fingerprint density at radius 1 is 1.33 bits per heavy atom. The summed E-state index contributed by atoms with van der Waals surface area (Å²) in [6.45, 7) is 2.16. The second kappa shape index (κ2) is 8.62. The Morgan fingerprint density at radius 3 is 2.83 bits per heavy atom. The first-order valence-corrected chi connectivity index (χ1v) is 6.16. The van der Waals surface area contributed by atoms with Gasteiger partial charge in [-0.25, -0.2) is 4.39 Å². The van der Waals surface area contributed by atoms with Gasteiger partial charge in [0.1, 0.15) is 5.82 Å². The largest absolute Gasteiger partial charge is 0.385 e. The molecule has 0 saturated carbocycles. The van der Waals surface area contributed by atoms with Crippen LogP contribution in [0.2, 0.25) is 0 Å². The summed E-state index contributed by atoms with van der Waals surface area (Å²) in [4.78, 5) is 0. The number of hydrogen-bond donors (Lipinski definition) is 1. The summed E-state index contributed by atoms with van der Waals surface area (Å²) < 4.78 is 18.5. The maximum atomic E-state index is 13.5. The van der Waals surface area contributed by atoms with Crippen molar-refractivity contribution in [3.63, 3.8) is 0 Å². The van der Waals surface area contributed by atoms with Crippen LogP contribution < -0.4 is 5.32 Å². The van der Waals surface area contributed by atoms with Crippen LogP contribution >= 0.6 is 0 Å². The Labute approximate surface area is 108 Å². The van der Waals surface area contributed by atoms with Crippen molar-refractivity contribution in [1.82, 2.24) is 5.32 Å². The lowest BCUT2D eigenvalue weighted by molar-refractivity contribution is 0.192. The number of ether oxygens (including phenoxy) is 1. The van der Waals surface area contributed by atoms with Gasteiger partial charge < -0.3 is 10.1 Å². The molecule has 1 rings (SSSR count). The summed E-state index contributed by atoms with van der Waals surface area (Å²) in [7, 11) is 1.70. The van der Waals surface area contributed by atoms with Gasteiger partial charge >= 0.3 is 0 Å². The average Bonchev–Trinajstić information content (AvgIpc) is 2.39. The molecule has 0 bridgehead atoms. The number of hydrogen-bond acceptors (Lipinski definition) is 3. The van der Waals surface area contributed by atoms with Crippen molar-refractivity contribution in [2.45, 2.75) is 25.8 Å². The molecule has 3 nitrogen and oxygen atoms in total. The number of methoxy groups -OCH3 is 1. The third-order valence-electron chi connectivity index (χ3n) is 2.70. The van der Waals surface area contributed by atoms with E-state index in [4.69, 9.17) is 10.00 Å². The highest BCUT2D eigenvalue weighted by atomic mass is 19.1. The van der Waals surface area contributed by atoms with Gasteiger partial charge in [0.15, 0.2) is 0 Å². The molecule has 1 aromatic rings. The van der Waals surface area contributed by atoms with Crippen LogP contribution in [-0.2, 0) is 11.3 Å². The molecule has 0 aliphatic rings. The number of nitrogens with one attached hydrogen (secondary N) is 1. The topological polar surface area (TPSA) is 45.0 Å². The van der Waals surface area contributed by atoms with E-state index in [0.29, 0.717) is 17.7 Å². The molecular weight excluding hydrogens is 231 g/mol. The highest BCUT2D eigenvalue weighted by Gasteiger charge is 2.02. The quantitative estimate of drug-likeness (QED) is 0.721. The van der Waals surface area contributed by atoms with Crippen LogP contribution in [0.3, 0.4) is 0 Å². The minimum absolute atomic E-state index is 0.319. The van der Waals surface area contributed by atoms with Gasteiger partial charge in [0.25, 0.3) is 0 Å². The molecule has 0 heterocycles. The number of benzene rings is 1. The first-order chi connectivity index (χ1) is 8.77. The summed E-state index contributed by atoms with van der Waals surface area (Å²) in [5, 5.41) is 11.8. The fourth-order valence-corrected chi connectivity index (χ4v) is 1.66. The molecule has 1 aromatic carbocycles. The van der Waals surface area contributed by atoms with Crippen molar-refractivity contribution >= 4 is 0 Å². The van der Waals surface area contributed by atoms with Crippen molar-refractivity contribution in [1.29, 1.82) is 5.26 Å². The van der Waals surface area contributed by atoms with Crippen LogP contribution in [0.25, 0.3) is 0 Å². The van der Waals surface area contributed by atoms with Crippen LogP contribution in [0.5, 0.6) is 0 Å². The van der Waals surface area contributed by atoms with E-state index >= 15 is 0 Å². The Kier molecular flexibility index (Phi) is 7.00. The zero-order valence-corrected chi connectivity index (χ0v) is 10.7. The molecule has 0 amide bonds. The summed E-state index contributed by atoms with van der Waals surface area (Å²) >= 11 is 0. The zero-order chi connectivity index (χ0) is 13.2. The van der Waals surface area contributed by atoms with Crippen LogP contribution in [0, 0.1) is 17.1 Å². The normalized spacial score (nSPS) is 10.3. The molecule has 98 valence electrons. The molecule has 0 unspecified atom stereocenters. The Hall–Kier alpha value is -1.44. The van der Waals surface area contributed by atoms with Gasteiger partial charge in [-0.1, -0.05) is 6.07 Å². The molecule has 0 atom stereocenters. The number of nitrogens with zero attached hydrogens (tertiary/aromatic N) is 1. The first kappa shape index (κ1) is 14.6. The Bertz CT molecular complexity index is 401. The zero-order valence-electron chi connectivity index (χ0n) is 10.7. The standard InChI is InChI=1S/C14H19FN2O/c1-18-8-4-2-3-7-17-11-13-6-5-12(10-16)9-14(13)15/h5-6,9,17H,2-4,7-8,11H2,1H3. The maximum absolute atomic E-state index is 13.5. The summed E-state index contributed by atoms with van der Waals surface area (Å²) in [5.41, 5.74) is 0.960. The lowest BCUT2D eigenvalue weighted by Crippen LogP contribution is -2.15. The predicted molar refractivity (Wildman–Crippen MR) is 68.5 cm³/mol. The number of unbranched alkanes of at least 4 members (excludes halogenated alkanes) is 2. The van der Waals surface area contributed by atoms with Crippen molar-refractivity contribution in [2.24, 2.45) is 0 Å². The lowest BCUT2D eigenvalue weighted by atomic mass is 10.1. The number of rotatable bonds is 8. The van der Waals surface area contributed by atoms with Gasteiger partial charge in [-0.2, -0.15) is 5.26 Å². The average molecular weight is 250 g/mol. The molecule has 0 radical (unpaired) electrons. The van der Waals surface area contributed by atoms with Gasteiger partial charge in [0.05, 0.1) is 11.6 Å². The van der Waals surface area contributed by atoms with E-state index in [1.807, 2.05) is 6.07 Å². The fraction of sp³-hybridized carbons (Fsp3) is 0.500. The van der Waals surface area contributed by atoms with Crippen LogP contribution in [-0.4, -0.2) is 20.3 Å². The molecule has 0 aliphatic carbocycles. The van der Waals surface area contributed by atoms with Crippen LogP contribution in [0.4, 0.5) is 4.39 Å². The van der Waals surface area contributed by atoms with E-state index in [1.54, 1.807) is 19.2 Å². The second-order valence-electron chi connectivity index (χ2n) is 4.15. The molecule has 0 fully saturated rings. The van der Waals surface area contributed by atoms with Crippen molar-refractivity contribution in [2.75, 3.05) is 20.3 Å². The molecule has 1 N–H and O–H groups in total. The maximum Gasteiger partial charge on any atom is 0.129 e. The highest BCUT2D eigenvalue weighted by molar-refractivity contribution is 5.32. The van der Waals surface area contributed by atoms with Crippen molar-refractivity contribution < 1.29 is 9.13 Å². The summed E-state index contributed by atoms with van der Waals surface area (Å²) in [6.07, 6.45) is 3.22. The molecule has 0 spiro atoms. The molecule has 4 heteroatoms. The number of nitriles is 1. The van der Waals surface area contributed by atoms with Gasteiger partial charge in [0.2, 0.25) is 0 Å².